The number of rotatable bonds is 6. The fraction of sp³-hybridized carbons (Fsp3) is 0.529. The molecule has 132 valence electrons. The number of fused-ring (bicyclic) bond motifs is 1. The molecule has 1 atom stereocenters. The SMILES string of the molecule is CCCCC(C(=O)O)[N+]1=C(C)C(C)(C)c2cc(S(=O)(=O)O)ccc21. The van der Waals surface area contributed by atoms with E-state index in [4.69, 9.17) is 0 Å². The van der Waals surface area contributed by atoms with E-state index in [0.29, 0.717) is 17.7 Å². The van der Waals surface area contributed by atoms with Gasteiger partial charge in [0.2, 0.25) is 5.69 Å². The van der Waals surface area contributed by atoms with Crippen LogP contribution in [0.15, 0.2) is 23.1 Å². The number of carbonyl (C=O) groups is 1. The number of benzene rings is 1. The van der Waals surface area contributed by atoms with Gasteiger partial charge in [-0.05, 0) is 32.4 Å². The first kappa shape index (κ1) is 18.6. The summed E-state index contributed by atoms with van der Waals surface area (Å²) in [6, 6.07) is 3.64. The summed E-state index contributed by atoms with van der Waals surface area (Å²) in [5, 5.41) is 9.67. The van der Waals surface area contributed by atoms with Crippen molar-refractivity contribution in [1.29, 1.82) is 0 Å². The van der Waals surface area contributed by atoms with Crippen LogP contribution in [0.2, 0.25) is 0 Å². The number of hydrogen-bond donors (Lipinski definition) is 2. The molecule has 0 aromatic heterocycles. The zero-order valence-corrected chi connectivity index (χ0v) is 15.2. The van der Waals surface area contributed by atoms with Gasteiger partial charge in [-0.2, -0.15) is 13.0 Å². The minimum Gasteiger partial charge on any atom is -0.476 e. The summed E-state index contributed by atoms with van der Waals surface area (Å²) in [4.78, 5) is 11.6. The number of carboxylic acids is 1. The highest BCUT2D eigenvalue weighted by Gasteiger charge is 2.47. The lowest BCUT2D eigenvalue weighted by Crippen LogP contribution is -2.36. The van der Waals surface area contributed by atoms with Gasteiger partial charge in [-0.1, -0.05) is 13.3 Å². The monoisotopic (exact) mass is 354 g/mol. The van der Waals surface area contributed by atoms with E-state index in [0.717, 1.165) is 18.6 Å². The van der Waals surface area contributed by atoms with E-state index in [9.17, 15) is 22.9 Å². The summed E-state index contributed by atoms with van der Waals surface area (Å²) in [6.07, 6.45) is 2.20. The summed E-state index contributed by atoms with van der Waals surface area (Å²) in [7, 11) is -4.30. The van der Waals surface area contributed by atoms with Gasteiger partial charge in [0.05, 0.1) is 10.3 Å². The topological polar surface area (TPSA) is 94.7 Å². The quantitative estimate of drug-likeness (QED) is 0.605. The molecule has 7 heteroatoms. The maximum atomic E-state index is 11.8. The van der Waals surface area contributed by atoms with Gasteiger partial charge in [0.15, 0.2) is 5.71 Å². The van der Waals surface area contributed by atoms with Gasteiger partial charge in [0.1, 0.15) is 0 Å². The third kappa shape index (κ3) is 3.10. The van der Waals surface area contributed by atoms with Gasteiger partial charge < -0.3 is 5.11 Å². The van der Waals surface area contributed by atoms with Gasteiger partial charge in [-0.25, -0.2) is 4.79 Å². The zero-order valence-electron chi connectivity index (χ0n) is 14.4. The Morgan fingerprint density at radius 2 is 1.96 bits per heavy atom. The van der Waals surface area contributed by atoms with Crippen molar-refractivity contribution in [2.75, 3.05) is 0 Å². The highest BCUT2D eigenvalue weighted by molar-refractivity contribution is 7.85. The van der Waals surface area contributed by atoms with Crippen LogP contribution >= 0.6 is 0 Å². The molecule has 2 N–H and O–H groups in total. The minimum absolute atomic E-state index is 0.176. The summed E-state index contributed by atoms with van der Waals surface area (Å²) in [5.41, 5.74) is 1.73. The summed E-state index contributed by atoms with van der Waals surface area (Å²) in [5.74, 6) is -0.898. The number of carboxylic acid groups (broad SMARTS) is 1. The van der Waals surface area contributed by atoms with Crippen LogP contribution in [0.3, 0.4) is 0 Å². The van der Waals surface area contributed by atoms with Crippen molar-refractivity contribution in [1.82, 2.24) is 0 Å². The lowest BCUT2D eigenvalue weighted by Gasteiger charge is -2.15. The average Bonchev–Trinajstić information content (AvgIpc) is 2.67. The second-order valence-electron chi connectivity index (χ2n) is 6.73. The van der Waals surface area contributed by atoms with Gasteiger partial charge in [-0.3, -0.25) is 4.55 Å². The maximum absolute atomic E-state index is 11.8. The largest absolute Gasteiger partial charge is 0.476 e. The predicted molar refractivity (Wildman–Crippen MR) is 90.8 cm³/mol. The standard InChI is InChI=1S/C17H23NO5S/c1-5-6-7-15(16(19)20)18-11(2)17(3,4)13-10-12(24(21,22)23)8-9-14(13)18/h8-10,15H,5-7H2,1-4H3,(H-,19,20,21,22,23)/p+1. The maximum Gasteiger partial charge on any atom is 0.373 e. The predicted octanol–water partition coefficient (Wildman–Crippen LogP) is 2.97. The van der Waals surface area contributed by atoms with Crippen molar-refractivity contribution < 1.29 is 27.4 Å². The molecule has 1 aromatic rings. The van der Waals surface area contributed by atoms with Crippen LogP contribution in [-0.4, -0.2) is 40.4 Å². The summed E-state index contributed by atoms with van der Waals surface area (Å²) < 4.78 is 33.9. The van der Waals surface area contributed by atoms with Gasteiger partial charge >= 0.3 is 5.97 Å². The zero-order chi connectivity index (χ0) is 18.3. The normalized spacial score (nSPS) is 17.7. The molecule has 1 aliphatic rings. The third-order valence-electron chi connectivity index (χ3n) is 4.89. The molecule has 1 heterocycles. The first-order valence-corrected chi connectivity index (χ1v) is 9.44. The van der Waals surface area contributed by atoms with Crippen LogP contribution in [-0.2, 0) is 20.3 Å². The molecule has 6 nitrogen and oxygen atoms in total. The molecule has 0 spiro atoms. The molecule has 0 aliphatic carbocycles. The Labute approximate surface area is 142 Å². The lowest BCUT2D eigenvalue weighted by molar-refractivity contribution is -0.472. The Balaban J connectivity index is 2.64. The average molecular weight is 354 g/mol. The van der Waals surface area contributed by atoms with Crippen LogP contribution in [0.25, 0.3) is 0 Å². The third-order valence-corrected chi connectivity index (χ3v) is 5.74. The van der Waals surface area contributed by atoms with Crippen LogP contribution < -0.4 is 0 Å². The number of unbranched alkanes of at least 4 members (excludes halogenated alkanes) is 1. The molecule has 0 bridgehead atoms. The molecule has 1 aliphatic heterocycles. The van der Waals surface area contributed by atoms with Crippen molar-refractivity contribution in [3.05, 3.63) is 23.8 Å². The lowest BCUT2D eigenvalue weighted by atomic mass is 9.82. The number of aliphatic carboxylic acids is 1. The Morgan fingerprint density at radius 3 is 2.46 bits per heavy atom. The summed E-state index contributed by atoms with van der Waals surface area (Å²) >= 11 is 0. The van der Waals surface area contributed by atoms with Gasteiger partial charge in [0.25, 0.3) is 16.2 Å². The van der Waals surface area contributed by atoms with Crippen molar-refractivity contribution in [2.24, 2.45) is 0 Å². The molecule has 0 fully saturated rings. The summed E-state index contributed by atoms with van der Waals surface area (Å²) in [6.45, 7) is 7.73. The van der Waals surface area contributed by atoms with Crippen LogP contribution in [0, 0.1) is 0 Å². The van der Waals surface area contributed by atoms with E-state index in [1.165, 1.54) is 12.1 Å². The fourth-order valence-corrected chi connectivity index (χ4v) is 3.73. The van der Waals surface area contributed by atoms with E-state index >= 15 is 0 Å². The second-order valence-corrected chi connectivity index (χ2v) is 8.15. The second kappa shape index (κ2) is 6.29. The molecular formula is C17H24NO5S+. The van der Waals surface area contributed by atoms with Crippen molar-refractivity contribution in [2.45, 2.75) is 63.3 Å². The van der Waals surface area contributed by atoms with E-state index in [1.807, 2.05) is 27.7 Å². The van der Waals surface area contributed by atoms with Gasteiger partial charge in [-0.15, -0.1) is 0 Å². The van der Waals surface area contributed by atoms with Crippen LogP contribution in [0.1, 0.15) is 52.5 Å². The Kier molecular flexibility index (Phi) is 4.88. The minimum atomic E-state index is -4.30. The van der Waals surface area contributed by atoms with E-state index in [1.54, 1.807) is 10.6 Å². The van der Waals surface area contributed by atoms with Gasteiger partial charge in [0, 0.05) is 25.0 Å². The number of hydrogen-bond acceptors (Lipinski definition) is 3. The molecule has 0 saturated carbocycles. The smallest absolute Gasteiger partial charge is 0.373 e. The highest BCUT2D eigenvalue weighted by atomic mass is 32.2. The molecular weight excluding hydrogens is 330 g/mol. The molecule has 0 saturated heterocycles. The van der Waals surface area contributed by atoms with Crippen molar-refractivity contribution in [3.8, 4) is 0 Å². The van der Waals surface area contributed by atoms with E-state index in [2.05, 4.69) is 0 Å². The molecule has 1 aromatic carbocycles. The fourth-order valence-electron chi connectivity index (χ4n) is 3.23. The van der Waals surface area contributed by atoms with Crippen LogP contribution in [0.5, 0.6) is 0 Å². The van der Waals surface area contributed by atoms with Crippen molar-refractivity contribution >= 4 is 27.5 Å². The van der Waals surface area contributed by atoms with Crippen LogP contribution in [0.4, 0.5) is 5.69 Å². The van der Waals surface area contributed by atoms with Crippen molar-refractivity contribution in [3.63, 3.8) is 0 Å². The Morgan fingerprint density at radius 1 is 1.33 bits per heavy atom. The number of nitrogens with zero attached hydrogens (tertiary/aromatic N) is 1. The van der Waals surface area contributed by atoms with E-state index < -0.39 is 27.5 Å². The Bertz CT molecular complexity index is 808. The van der Waals surface area contributed by atoms with E-state index in [-0.39, 0.29) is 4.90 Å². The molecule has 1 unspecified atom stereocenters. The molecule has 0 radical (unpaired) electrons. The highest BCUT2D eigenvalue weighted by Crippen LogP contribution is 2.42. The first-order chi connectivity index (χ1) is 11.0. The Hall–Kier alpha value is -1.73. The molecule has 2 rings (SSSR count). The molecule has 0 amide bonds. The molecule has 24 heavy (non-hydrogen) atoms. The first-order valence-electron chi connectivity index (χ1n) is 8.00.